The number of ether oxygens (including phenoxy) is 3. The lowest BCUT2D eigenvalue weighted by atomic mass is 9.99. The fourth-order valence-electron chi connectivity index (χ4n) is 4.21. The first-order valence-electron chi connectivity index (χ1n) is 9.84. The van der Waals surface area contributed by atoms with Gasteiger partial charge in [-0.05, 0) is 31.4 Å². The topological polar surface area (TPSA) is 60.0 Å². The highest BCUT2D eigenvalue weighted by Crippen LogP contribution is 2.28. The number of rotatable bonds is 5. The molecule has 1 aromatic rings. The molecule has 3 unspecified atom stereocenters. The summed E-state index contributed by atoms with van der Waals surface area (Å²) in [5.74, 6) is 0.573. The first kappa shape index (κ1) is 18.5. The third-order valence-corrected chi connectivity index (χ3v) is 5.66. The zero-order chi connectivity index (χ0) is 18.6. The average molecular weight is 372 g/mol. The summed E-state index contributed by atoms with van der Waals surface area (Å²) in [6.07, 6.45) is 7.43. The number of nitrogens with one attached hydrogen (secondary N) is 1. The number of carbonyl (C=O) groups excluding carboxylic acids is 1. The maximum absolute atomic E-state index is 12.9. The van der Waals surface area contributed by atoms with Crippen LogP contribution in [0, 0.1) is 0 Å². The number of hydrogen-bond donors (Lipinski definition) is 1. The van der Waals surface area contributed by atoms with Gasteiger partial charge in [-0.2, -0.15) is 0 Å². The van der Waals surface area contributed by atoms with E-state index in [0.717, 1.165) is 51.1 Å². The number of para-hydroxylation sites is 1. The third-order valence-electron chi connectivity index (χ3n) is 5.66. The highest BCUT2D eigenvalue weighted by atomic mass is 16.5. The second-order valence-electron chi connectivity index (χ2n) is 7.47. The first-order valence-corrected chi connectivity index (χ1v) is 9.84. The van der Waals surface area contributed by atoms with Crippen molar-refractivity contribution in [3.8, 4) is 5.75 Å². The Morgan fingerprint density at radius 2 is 2.30 bits per heavy atom. The van der Waals surface area contributed by atoms with E-state index in [4.69, 9.17) is 14.2 Å². The first-order chi connectivity index (χ1) is 13.2. The Labute approximate surface area is 160 Å². The van der Waals surface area contributed by atoms with E-state index in [1.807, 2.05) is 30.4 Å². The van der Waals surface area contributed by atoms with Gasteiger partial charge in [-0.25, -0.2) is 0 Å². The van der Waals surface area contributed by atoms with Crippen LogP contribution in [0.3, 0.4) is 0 Å². The van der Waals surface area contributed by atoms with E-state index in [0.29, 0.717) is 24.0 Å². The molecule has 3 atom stereocenters. The second kappa shape index (κ2) is 8.42. The molecule has 2 fully saturated rings. The predicted molar refractivity (Wildman–Crippen MR) is 103 cm³/mol. The highest BCUT2D eigenvalue weighted by molar-refractivity contribution is 5.98. The molecule has 4 rings (SSSR count). The summed E-state index contributed by atoms with van der Waals surface area (Å²) in [5, 5.41) is 3.17. The van der Waals surface area contributed by atoms with Crippen LogP contribution in [0.4, 0.5) is 0 Å². The summed E-state index contributed by atoms with van der Waals surface area (Å²) in [7, 11) is 1.72. The molecule has 1 N–H and O–H groups in total. The molecule has 0 aliphatic carbocycles. The number of hydrogen-bond acceptors (Lipinski definition) is 5. The summed E-state index contributed by atoms with van der Waals surface area (Å²) >= 11 is 0. The van der Waals surface area contributed by atoms with Gasteiger partial charge in [0.15, 0.2) is 0 Å². The molecule has 27 heavy (non-hydrogen) atoms. The van der Waals surface area contributed by atoms with Crippen LogP contribution in [0.15, 0.2) is 24.3 Å². The van der Waals surface area contributed by atoms with Crippen molar-refractivity contribution in [1.29, 1.82) is 0 Å². The number of fused-ring (bicyclic) bond motifs is 1. The van der Waals surface area contributed by atoms with Crippen molar-refractivity contribution >= 4 is 12.0 Å². The van der Waals surface area contributed by atoms with Crippen molar-refractivity contribution < 1.29 is 19.0 Å². The number of nitrogens with zero attached hydrogens (tertiary/aromatic N) is 1. The van der Waals surface area contributed by atoms with Gasteiger partial charge in [0, 0.05) is 38.9 Å². The molecule has 0 bridgehead atoms. The Bertz CT molecular complexity index is 699. The van der Waals surface area contributed by atoms with Crippen LogP contribution in [0.25, 0.3) is 6.08 Å². The fourth-order valence-corrected chi connectivity index (χ4v) is 4.21. The molecule has 0 spiro atoms. The molecule has 6 heteroatoms. The minimum absolute atomic E-state index is 0.00163. The predicted octanol–water partition coefficient (Wildman–Crippen LogP) is 2.09. The van der Waals surface area contributed by atoms with E-state index in [1.165, 1.54) is 0 Å². The molecule has 6 nitrogen and oxygen atoms in total. The standard InChI is InChI=1S/C21H28N2O4/c1-25-19-14-23(13-16-7-4-11-26-16)10-9-18(19)22-21(24)17-8-2-5-15-6-3-12-27-20(15)17/h2-3,5-6,8,16,18-19H,4,7,9-14H2,1H3,(H,22,24). The lowest BCUT2D eigenvalue weighted by Gasteiger charge is -2.39. The quantitative estimate of drug-likeness (QED) is 0.858. The number of piperidine rings is 1. The van der Waals surface area contributed by atoms with Gasteiger partial charge in [0.2, 0.25) is 0 Å². The molecule has 146 valence electrons. The van der Waals surface area contributed by atoms with Crippen LogP contribution < -0.4 is 10.1 Å². The maximum Gasteiger partial charge on any atom is 0.255 e. The molecule has 0 aromatic heterocycles. The molecule has 0 radical (unpaired) electrons. The van der Waals surface area contributed by atoms with Crippen LogP contribution in [0.2, 0.25) is 0 Å². The fraction of sp³-hybridized carbons (Fsp3) is 0.571. The van der Waals surface area contributed by atoms with Crippen LogP contribution in [0.5, 0.6) is 5.75 Å². The lowest BCUT2D eigenvalue weighted by Crippen LogP contribution is -2.55. The van der Waals surface area contributed by atoms with E-state index < -0.39 is 0 Å². The maximum atomic E-state index is 12.9. The molecule has 2 saturated heterocycles. The van der Waals surface area contributed by atoms with Gasteiger partial charge in [-0.1, -0.05) is 18.2 Å². The molecule has 1 aromatic carbocycles. The van der Waals surface area contributed by atoms with E-state index in [-0.39, 0.29) is 18.1 Å². The van der Waals surface area contributed by atoms with Gasteiger partial charge in [0.05, 0.1) is 23.8 Å². The van der Waals surface area contributed by atoms with Crippen molar-refractivity contribution in [2.75, 3.05) is 40.0 Å². The molecular formula is C21H28N2O4. The van der Waals surface area contributed by atoms with Crippen LogP contribution in [-0.2, 0) is 9.47 Å². The van der Waals surface area contributed by atoms with Gasteiger partial charge in [0.25, 0.3) is 5.91 Å². The average Bonchev–Trinajstić information content (AvgIpc) is 3.21. The number of likely N-dealkylation sites (tertiary alicyclic amines) is 1. The van der Waals surface area contributed by atoms with E-state index in [1.54, 1.807) is 7.11 Å². The van der Waals surface area contributed by atoms with Gasteiger partial charge in [0.1, 0.15) is 12.4 Å². The Balaban J connectivity index is 1.39. The van der Waals surface area contributed by atoms with Crippen LogP contribution >= 0.6 is 0 Å². The molecular weight excluding hydrogens is 344 g/mol. The third kappa shape index (κ3) is 4.18. The van der Waals surface area contributed by atoms with E-state index in [2.05, 4.69) is 10.2 Å². The Morgan fingerprint density at radius 3 is 3.11 bits per heavy atom. The highest BCUT2D eigenvalue weighted by Gasteiger charge is 2.32. The number of carbonyl (C=O) groups is 1. The second-order valence-corrected chi connectivity index (χ2v) is 7.47. The summed E-state index contributed by atoms with van der Waals surface area (Å²) in [6, 6.07) is 5.67. The summed E-state index contributed by atoms with van der Waals surface area (Å²) in [6.45, 7) is 4.08. The Hall–Kier alpha value is -1.89. The number of methoxy groups -OCH3 is 1. The summed E-state index contributed by atoms with van der Waals surface area (Å²) in [4.78, 5) is 15.3. The van der Waals surface area contributed by atoms with Gasteiger partial charge in [-0.3, -0.25) is 9.69 Å². The minimum Gasteiger partial charge on any atom is -0.488 e. The normalized spacial score (nSPS) is 27.8. The lowest BCUT2D eigenvalue weighted by molar-refractivity contribution is -0.0112. The summed E-state index contributed by atoms with van der Waals surface area (Å²) in [5.41, 5.74) is 1.54. The Kier molecular flexibility index (Phi) is 5.76. The van der Waals surface area contributed by atoms with Crippen molar-refractivity contribution in [1.82, 2.24) is 10.2 Å². The van der Waals surface area contributed by atoms with E-state index >= 15 is 0 Å². The van der Waals surface area contributed by atoms with Crippen LogP contribution in [0.1, 0.15) is 35.2 Å². The zero-order valence-electron chi connectivity index (χ0n) is 15.9. The minimum atomic E-state index is -0.0956. The van der Waals surface area contributed by atoms with Crippen molar-refractivity contribution in [3.05, 3.63) is 35.4 Å². The van der Waals surface area contributed by atoms with Crippen molar-refractivity contribution in [2.45, 2.75) is 37.5 Å². The molecule has 3 aliphatic rings. The zero-order valence-corrected chi connectivity index (χ0v) is 15.9. The number of benzene rings is 1. The molecule has 1 amide bonds. The monoisotopic (exact) mass is 372 g/mol. The molecule has 3 heterocycles. The van der Waals surface area contributed by atoms with Gasteiger partial charge < -0.3 is 19.5 Å². The number of amides is 1. The van der Waals surface area contributed by atoms with Gasteiger partial charge >= 0.3 is 0 Å². The Morgan fingerprint density at radius 1 is 1.37 bits per heavy atom. The smallest absolute Gasteiger partial charge is 0.255 e. The van der Waals surface area contributed by atoms with Crippen molar-refractivity contribution in [2.24, 2.45) is 0 Å². The summed E-state index contributed by atoms with van der Waals surface area (Å²) < 4.78 is 17.2. The SMILES string of the molecule is COC1CN(CC2CCCO2)CCC1NC(=O)c1cccc2c1OCC=C2. The van der Waals surface area contributed by atoms with Gasteiger partial charge in [-0.15, -0.1) is 0 Å². The molecule has 3 aliphatic heterocycles. The van der Waals surface area contributed by atoms with Crippen LogP contribution in [-0.4, -0.2) is 69.0 Å². The largest absolute Gasteiger partial charge is 0.488 e. The van der Waals surface area contributed by atoms with E-state index in [9.17, 15) is 4.79 Å². The molecule has 0 saturated carbocycles. The van der Waals surface area contributed by atoms with Crippen molar-refractivity contribution in [3.63, 3.8) is 0 Å².